The zero-order valence-electron chi connectivity index (χ0n) is 5.58. The minimum Gasteiger partial charge on any atom is -0.395 e. The van der Waals surface area contributed by atoms with Gasteiger partial charge in [0.1, 0.15) is 0 Å². The van der Waals surface area contributed by atoms with Crippen molar-refractivity contribution < 1.29 is 9.90 Å². The fraction of sp³-hybridized carbons (Fsp3) is 0.500. The first-order valence-corrected chi connectivity index (χ1v) is 3.41. The van der Waals surface area contributed by atoms with Crippen LogP contribution in [0, 0.1) is 0 Å². The smallest absolute Gasteiger partial charge is 0.243 e. The van der Waals surface area contributed by atoms with Crippen molar-refractivity contribution in [2.45, 2.75) is 5.25 Å². The second-order valence-corrected chi connectivity index (χ2v) is 2.52. The lowest BCUT2D eigenvalue weighted by molar-refractivity contribution is -0.116. The summed E-state index contributed by atoms with van der Waals surface area (Å²) in [6.45, 7) is 3.59. The Morgan fingerprint density at radius 1 is 1.90 bits per heavy atom. The van der Waals surface area contributed by atoms with E-state index in [0.29, 0.717) is 6.54 Å². The minimum atomic E-state index is -0.243. The van der Waals surface area contributed by atoms with E-state index in [0.717, 1.165) is 0 Å². The summed E-state index contributed by atoms with van der Waals surface area (Å²) >= 11 is 3.94. The molecule has 1 unspecified atom stereocenters. The third kappa shape index (κ3) is 4.40. The largest absolute Gasteiger partial charge is 0.395 e. The standard InChI is InChI=1S/C6H11NO2S/c1-2-6(9)7-3-5(10)4-8/h2,5,8,10H,1,3-4H2,(H,7,9). The number of thiol groups is 1. The normalized spacial score (nSPS) is 12.2. The van der Waals surface area contributed by atoms with Gasteiger partial charge in [0.25, 0.3) is 0 Å². The summed E-state index contributed by atoms with van der Waals surface area (Å²) in [7, 11) is 0. The maximum atomic E-state index is 10.5. The molecule has 0 fully saturated rings. The lowest BCUT2D eigenvalue weighted by Crippen LogP contribution is -2.29. The van der Waals surface area contributed by atoms with Gasteiger partial charge in [0.05, 0.1) is 6.61 Å². The van der Waals surface area contributed by atoms with Crippen LogP contribution in [0.1, 0.15) is 0 Å². The van der Waals surface area contributed by atoms with Gasteiger partial charge in [0, 0.05) is 11.8 Å². The van der Waals surface area contributed by atoms with Crippen molar-refractivity contribution in [1.29, 1.82) is 0 Å². The number of aliphatic hydroxyl groups is 1. The molecule has 0 spiro atoms. The molecule has 0 aromatic rings. The molecule has 0 radical (unpaired) electrons. The van der Waals surface area contributed by atoms with Crippen LogP contribution in [-0.2, 0) is 4.79 Å². The molecule has 0 saturated carbocycles. The van der Waals surface area contributed by atoms with Crippen molar-refractivity contribution in [2.24, 2.45) is 0 Å². The van der Waals surface area contributed by atoms with Gasteiger partial charge in [0.15, 0.2) is 0 Å². The van der Waals surface area contributed by atoms with Crippen LogP contribution in [0.2, 0.25) is 0 Å². The Labute approximate surface area is 65.5 Å². The number of nitrogens with one attached hydrogen (secondary N) is 1. The third-order valence-electron chi connectivity index (χ3n) is 0.908. The fourth-order valence-corrected chi connectivity index (χ4v) is 0.446. The predicted octanol–water partition coefficient (Wildman–Crippen LogP) is -0.421. The summed E-state index contributed by atoms with van der Waals surface area (Å²) in [4.78, 5) is 10.5. The molecule has 0 aliphatic rings. The summed E-state index contributed by atoms with van der Waals surface area (Å²) in [6.07, 6.45) is 1.18. The highest BCUT2D eigenvalue weighted by Crippen LogP contribution is 1.88. The Hall–Kier alpha value is -0.480. The first-order valence-electron chi connectivity index (χ1n) is 2.90. The van der Waals surface area contributed by atoms with Crippen LogP contribution in [0.5, 0.6) is 0 Å². The number of hydrogen-bond acceptors (Lipinski definition) is 3. The number of hydrogen-bond donors (Lipinski definition) is 3. The van der Waals surface area contributed by atoms with Gasteiger partial charge in [-0.1, -0.05) is 6.58 Å². The average Bonchev–Trinajstić information content (AvgIpc) is 1.99. The topological polar surface area (TPSA) is 49.3 Å². The zero-order valence-corrected chi connectivity index (χ0v) is 6.47. The van der Waals surface area contributed by atoms with Gasteiger partial charge in [0.2, 0.25) is 5.91 Å². The maximum absolute atomic E-state index is 10.5. The molecule has 0 saturated heterocycles. The molecule has 58 valence electrons. The van der Waals surface area contributed by atoms with Crippen molar-refractivity contribution in [3.05, 3.63) is 12.7 Å². The SMILES string of the molecule is C=CC(=O)NCC(S)CO. The van der Waals surface area contributed by atoms with Crippen LogP contribution in [0.3, 0.4) is 0 Å². The van der Waals surface area contributed by atoms with Gasteiger partial charge in [-0.25, -0.2) is 0 Å². The van der Waals surface area contributed by atoms with Crippen LogP contribution in [0.25, 0.3) is 0 Å². The second kappa shape index (κ2) is 5.32. The minimum absolute atomic E-state index is 0.0411. The highest BCUT2D eigenvalue weighted by molar-refractivity contribution is 7.81. The van der Waals surface area contributed by atoms with Gasteiger partial charge >= 0.3 is 0 Å². The average molecular weight is 161 g/mol. The molecule has 0 bridgehead atoms. The van der Waals surface area contributed by atoms with Crippen molar-refractivity contribution in [3.63, 3.8) is 0 Å². The van der Waals surface area contributed by atoms with E-state index in [1.807, 2.05) is 0 Å². The molecule has 10 heavy (non-hydrogen) atoms. The number of carbonyl (C=O) groups excluding carboxylic acids is 1. The van der Waals surface area contributed by atoms with E-state index < -0.39 is 0 Å². The van der Waals surface area contributed by atoms with E-state index in [2.05, 4.69) is 24.5 Å². The first kappa shape index (κ1) is 9.52. The lowest BCUT2D eigenvalue weighted by Gasteiger charge is -2.05. The van der Waals surface area contributed by atoms with E-state index in [1.54, 1.807) is 0 Å². The molecule has 3 nitrogen and oxygen atoms in total. The van der Waals surface area contributed by atoms with Gasteiger partial charge in [-0.05, 0) is 6.08 Å². The first-order chi connectivity index (χ1) is 4.70. The predicted molar refractivity (Wildman–Crippen MR) is 43.1 cm³/mol. The van der Waals surface area contributed by atoms with Crippen LogP contribution in [0.15, 0.2) is 12.7 Å². The molecule has 0 aliphatic carbocycles. The number of rotatable bonds is 4. The second-order valence-electron chi connectivity index (χ2n) is 1.79. The van der Waals surface area contributed by atoms with Gasteiger partial charge in [-0.2, -0.15) is 12.6 Å². The molecular formula is C6H11NO2S. The van der Waals surface area contributed by atoms with Crippen molar-refractivity contribution >= 4 is 18.5 Å². The van der Waals surface area contributed by atoms with Crippen LogP contribution < -0.4 is 5.32 Å². The molecular weight excluding hydrogens is 150 g/mol. The molecule has 1 atom stereocenters. The molecule has 2 N–H and O–H groups in total. The summed E-state index contributed by atoms with van der Waals surface area (Å²) < 4.78 is 0. The Bertz CT molecular complexity index is 127. The van der Waals surface area contributed by atoms with E-state index in [-0.39, 0.29) is 17.8 Å². The monoisotopic (exact) mass is 161 g/mol. The summed E-state index contributed by atoms with van der Waals surface area (Å²) in [5.74, 6) is -0.243. The van der Waals surface area contributed by atoms with Crippen LogP contribution >= 0.6 is 12.6 Å². The lowest BCUT2D eigenvalue weighted by atomic mass is 10.4. The number of carbonyl (C=O) groups is 1. The Balaban J connectivity index is 3.34. The van der Waals surface area contributed by atoms with Crippen LogP contribution in [0.4, 0.5) is 0 Å². The fourth-order valence-electron chi connectivity index (χ4n) is 0.355. The zero-order chi connectivity index (χ0) is 7.98. The molecule has 0 aliphatic heterocycles. The number of aliphatic hydroxyl groups excluding tert-OH is 1. The quantitative estimate of drug-likeness (QED) is 0.387. The molecule has 4 heteroatoms. The van der Waals surface area contributed by atoms with Gasteiger partial charge < -0.3 is 10.4 Å². The Kier molecular flexibility index (Phi) is 5.06. The van der Waals surface area contributed by atoms with E-state index in [9.17, 15) is 4.79 Å². The van der Waals surface area contributed by atoms with E-state index in [4.69, 9.17) is 5.11 Å². The summed E-state index contributed by atoms with van der Waals surface area (Å²) in [5, 5.41) is 10.8. The summed E-state index contributed by atoms with van der Waals surface area (Å²) in [6, 6.07) is 0. The van der Waals surface area contributed by atoms with Gasteiger partial charge in [-0.15, -0.1) is 0 Å². The van der Waals surface area contributed by atoms with Crippen molar-refractivity contribution in [1.82, 2.24) is 5.32 Å². The molecule has 0 aromatic carbocycles. The molecule has 0 heterocycles. The number of amides is 1. The van der Waals surface area contributed by atoms with Crippen LogP contribution in [-0.4, -0.2) is 29.4 Å². The van der Waals surface area contributed by atoms with E-state index in [1.165, 1.54) is 6.08 Å². The van der Waals surface area contributed by atoms with Crippen molar-refractivity contribution in [2.75, 3.05) is 13.2 Å². The molecule has 0 rings (SSSR count). The maximum Gasteiger partial charge on any atom is 0.243 e. The molecule has 1 amide bonds. The molecule has 0 aromatic heterocycles. The van der Waals surface area contributed by atoms with E-state index >= 15 is 0 Å². The van der Waals surface area contributed by atoms with Crippen molar-refractivity contribution in [3.8, 4) is 0 Å². The summed E-state index contributed by atoms with van der Waals surface area (Å²) in [5.41, 5.74) is 0. The third-order valence-corrected chi connectivity index (χ3v) is 1.25. The van der Waals surface area contributed by atoms with Gasteiger partial charge in [-0.3, -0.25) is 4.79 Å². The highest BCUT2D eigenvalue weighted by atomic mass is 32.1. The Morgan fingerprint density at radius 2 is 2.50 bits per heavy atom. The Morgan fingerprint density at radius 3 is 2.90 bits per heavy atom. The highest BCUT2D eigenvalue weighted by Gasteiger charge is 2.00.